The van der Waals surface area contributed by atoms with E-state index < -0.39 is 17.4 Å². The molecular weight excluding hydrogens is 176 g/mol. The van der Waals surface area contributed by atoms with Crippen LogP contribution in [0.4, 0.5) is 0 Å². The highest BCUT2D eigenvalue weighted by Crippen LogP contribution is 2.16. The number of primary amides is 1. The van der Waals surface area contributed by atoms with E-state index in [4.69, 9.17) is 10.5 Å². The minimum absolute atomic E-state index is 0.00519. The van der Waals surface area contributed by atoms with Crippen LogP contribution in [0.2, 0.25) is 0 Å². The topological polar surface area (TPSA) is 102 Å². The number of ether oxygens (including phenoxy) is 1. The van der Waals surface area contributed by atoms with Gasteiger partial charge in [-0.25, -0.2) is 0 Å². The van der Waals surface area contributed by atoms with Crippen molar-refractivity contribution >= 4 is 11.8 Å². The Hall–Kier alpha value is -1.14. The first kappa shape index (κ1) is 9.94. The molecule has 1 aliphatic heterocycles. The van der Waals surface area contributed by atoms with E-state index in [2.05, 4.69) is 5.32 Å². The number of rotatable bonds is 2. The largest absolute Gasteiger partial charge is 0.386 e. The van der Waals surface area contributed by atoms with Gasteiger partial charge in [-0.1, -0.05) is 0 Å². The van der Waals surface area contributed by atoms with Gasteiger partial charge >= 0.3 is 11.8 Å². The maximum absolute atomic E-state index is 10.7. The highest BCUT2D eigenvalue weighted by Gasteiger charge is 2.32. The van der Waals surface area contributed by atoms with E-state index in [1.165, 1.54) is 0 Å². The molecule has 0 aliphatic carbocycles. The predicted molar refractivity (Wildman–Crippen MR) is 42.6 cm³/mol. The summed E-state index contributed by atoms with van der Waals surface area (Å²) in [7, 11) is 0. The van der Waals surface area contributed by atoms with Gasteiger partial charge in [0.05, 0.1) is 6.61 Å². The average molecular weight is 188 g/mol. The Morgan fingerprint density at radius 3 is 2.77 bits per heavy atom. The molecule has 0 radical (unpaired) electrons. The summed E-state index contributed by atoms with van der Waals surface area (Å²) in [5, 5.41) is 11.9. The van der Waals surface area contributed by atoms with Crippen LogP contribution in [-0.4, -0.2) is 42.3 Å². The van der Waals surface area contributed by atoms with Crippen molar-refractivity contribution in [3.63, 3.8) is 0 Å². The van der Waals surface area contributed by atoms with Crippen molar-refractivity contribution in [1.82, 2.24) is 5.32 Å². The Labute approximate surface area is 75.0 Å². The molecule has 0 spiro atoms. The number of nitrogens with one attached hydrogen (secondary N) is 1. The summed E-state index contributed by atoms with van der Waals surface area (Å²) in [5.74, 6) is -1.94. The third-order valence-electron chi connectivity index (χ3n) is 1.88. The van der Waals surface area contributed by atoms with Gasteiger partial charge in [0.2, 0.25) is 0 Å². The molecule has 6 nitrogen and oxygen atoms in total. The third kappa shape index (κ3) is 2.67. The van der Waals surface area contributed by atoms with E-state index >= 15 is 0 Å². The van der Waals surface area contributed by atoms with E-state index in [0.717, 1.165) is 0 Å². The summed E-state index contributed by atoms with van der Waals surface area (Å²) < 4.78 is 4.94. The number of hydrogen-bond acceptors (Lipinski definition) is 4. The normalized spacial score (nSPS) is 27.2. The Morgan fingerprint density at radius 2 is 2.31 bits per heavy atom. The molecule has 1 heterocycles. The van der Waals surface area contributed by atoms with Crippen molar-refractivity contribution in [2.75, 3.05) is 19.8 Å². The summed E-state index contributed by atoms with van der Waals surface area (Å²) in [6, 6.07) is 0. The van der Waals surface area contributed by atoms with Crippen LogP contribution in [0, 0.1) is 0 Å². The van der Waals surface area contributed by atoms with Crippen molar-refractivity contribution in [2.45, 2.75) is 12.0 Å². The molecule has 2 amide bonds. The molecule has 1 fully saturated rings. The second-order valence-electron chi connectivity index (χ2n) is 3.07. The lowest BCUT2D eigenvalue weighted by molar-refractivity contribution is -0.138. The zero-order valence-electron chi connectivity index (χ0n) is 7.08. The lowest BCUT2D eigenvalue weighted by Gasteiger charge is -2.19. The van der Waals surface area contributed by atoms with E-state index in [1.807, 2.05) is 0 Å². The van der Waals surface area contributed by atoms with Gasteiger partial charge in [-0.05, 0) is 0 Å². The Kier molecular flexibility index (Phi) is 2.84. The SMILES string of the molecule is NC(=O)C(=O)NCC1(O)CCOC1. The molecule has 0 aromatic heterocycles. The van der Waals surface area contributed by atoms with E-state index in [-0.39, 0.29) is 13.2 Å². The standard InChI is InChI=1S/C7H12N2O4/c8-5(10)6(11)9-3-7(12)1-2-13-4-7/h12H,1-4H2,(H2,8,10)(H,9,11). The van der Waals surface area contributed by atoms with Crippen molar-refractivity contribution in [3.8, 4) is 0 Å². The molecule has 1 atom stereocenters. The predicted octanol–water partition coefficient (Wildman–Crippen LogP) is -2.26. The fourth-order valence-corrected chi connectivity index (χ4v) is 1.07. The zero-order valence-corrected chi connectivity index (χ0v) is 7.08. The van der Waals surface area contributed by atoms with Crippen LogP contribution in [0.25, 0.3) is 0 Å². The molecule has 4 N–H and O–H groups in total. The van der Waals surface area contributed by atoms with Crippen molar-refractivity contribution < 1.29 is 19.4 Å². The molecule has 0 saturated carbocycles. The summed E-state index contributed by atoms with van der Waals surface area (Å²) in [6.45, 7) is 0.629. The summed E-state index contributed by atoms with van der Waals surface area (Å²) >= 11 is 0. The highest BCUT2D eigenvalue weighted by molar-refractivity contribution is 6.34. The Balaban J connectivity index is 2.33. The molecule has 1 rings (SSSR count). The summed E-state index contributed by atoms with van der Waals surface area (Å²) in [4.78, 5) is 21.0. The van der Waals surface area contributed by atoms with Gasteiger partial charge in [0, 0.05) is 19.6 Å². The minimum atomic E-state index is -1.05. The Morgan fingerprint density at radius 1 is 1.62 bits per heavy atom. The molecule has 1 aliphatic rings. The first-order valence-corrected chi connectivity index (χ1v) is 3.91. The second kappa shape index (κ2) is 3.71. The van der Waals surface area contributed by atoms with Gasteiger partial charge in [-0.15, -0.1) is 0 Å². The van der Waals surface area contributed by atoms with Gasteiger partial charge in [-0.3, -0.25) is 9.59 Å². The molecule has 74 valence electrons. The van der Waals surface area contributed by atoms with Crippen molar-refractivity contribution in [2.24, 2.45) is 5.73 Å². The maximum atomic E-state index is 10.7. The van der Waals surface area contributed by atoms with Crippen LogP contribution in [0.3, 0.4) is 0 Å². The fraction of sp³-hybridized carbons (Fsp3) is 0.714. The molecule has 6 heteroatoms. The highest BCUT2D eigenvalue weighted by atomic mass is 16.5. The molecule has 0 bridgehead atoms. The average Bonchev–Trinajstić information content (AvgIpc) is 2.48. The number of nitrogens with two attached hydrogens (primary N) is 1. The monoisotopic (exact) mass is 188 g/mol. The summed E-state index contributed by atoms with van der Waals surface area (Å²) in [6.07, 6.45) is 0.450. The molecular formula is C7H12N2O4. The maximum Gasteiger partial charge on any atom is 0.309 e. The molecule has 0 aromatic rings. The summed E-state index contributed by atoms with van der Waals surface area (Å²) in [5.41, 5.74) is 3.65. The van der Waals surface area contributed by atoms with Gasteiger partial charge in [0.1, 0.15) is 5.60 Å². The first-order valence-electron chi connectivity index (χ1n) is 3.91. The fourth-order valence-electron chi connectivity index (χ4n) is 1.07. The Bertz CT molecular complexity index is 223. The quantitative estimate of drug-likeness (QED) is 0.425. The van der Waals surface area contributed by atoms with E-state index in [0.29, 0.717) is 13.0 Å². The lowest BCUT2D eigenvalue weighted by Crippen LogP contribution is -2.46. The molecule has 1 unspecified atom stereocenters. The van der Waals surface area contributed by atoms with Gasteiger partial charge in [-0.2, -0.15) is 0 Å². The van der Waals surface area contributed by atoms with Crippen LogP contribution in [0.5, 0.6) is 0 Å². The molecule has 1 saturated heterocycles. The lowest BCUT2D eigenvalue weighted by atomic mass is 10.0. The number of hydrogen-bond donors (Lipinski definition) is 3. The number of carbonyl (C=O) groups is 2. The van der Waals surface area contributed by atoms with Gasteiger partial charge in [0.15, 0.2) is 0 Å². The van der Waals surface area contributed by atoms with E-state index in [9.17, 15) is 14.7 Å². The number of aliphatic hydroxyl groups is 1. The number of carbonyl (C=O) groups excluding carboxylic acids is 2. The van der Waals surface area contributed by atoms with Crippen LogP contribution in [0.15, 0.2) is 0 Å². The smallest absolute Gasteiger partial charge is 0.309 e. The first-order chi connectivity index (χ1) is 6.03. The minimum Gasteiger partial charge on any atom is -0.386 e. The number of amides is 2. The van der Waals surface area contributed by atoms with Crippen molar-refractivity contribution in [1.29, 1.82) is 0 Å². The van der Waals surface area contributed by atoms with Gasteiger partial charge < -0.3 is 20.9 Å². The van der Waals surface area contributed by atoms with Crippen LogP contribution in [0.1, 0.15) is 6.42 Å². The van der Waals surface area contributed by atoms with Crippen LogP contribution in [-0.2, 0) is 14.3 Å². The zero-order chi connectivity index (χ0) is 9.90. The molecule has 13 heavy (non-hydrogen) atoms. The van der Waals surface area contributed by atoms with Gasteiger partial charge in [0.25, 0.3) is 0 Å². The van der Waals surface area contributed by atoms with Crippen LogP contribution < -0.4 is 11.1 Å². The van der Waals surface area contributed by atoms with Crippen molar-refractivity contribution in [3.05, 3.63) is 0 Å². The van der Waals surface area contributed by atoms with E-state index in [1.54, 1.807) is 0 Å². The van der Waals surface area contributed by atoms with Crippen LogP contribution >= 0.6 is 0 Å². The molecule has 0 aromatic carbocycles. The third-order valence-corrected chi connectivity index (χ3v) is 1.88. The second-order valence-corrected chi connectivity index (χ2v) is 3.07.